The number of hydrogen-bond acceptors (Lipinski definition) is 6. The highest BCUT2D eigenvalue weighted by atomic mass is 16.1. The van der Waals surface area contributed by atoms with Crippen LogP contribution >= 0.6 is 0 Å². The Kier molecular flexibility index (Phi) is 4.75. The molecule has 0 atom stereocenters. The molecule has 5 N–H and O–H groups in total. The van der Waals surface area contributed by atoms with Crippen molar-refractivity contribution < 1.29 is 4.79 Å². The first-order valence-electron chi connectivity index (χ1n) is 7.69. The number of nitrogen functional groups attached to an aromatic ring is 1. The lowest BCUT2D eigenvalue weighted by Gasteiger charge is -2.10. The SMILES string of the molecule is CC(=O)Nc1cccc(Nc2nccc(Nc3ccc(N)cc3)n2)c1. The summed E-state index contributed by atoms with van der Waals surface area (Å²) in [6, 6.07) is 16.5. The van der Waals surface area contributed by atoms with Crippen molar-refractivity contribution >= 4 is 40.4 Å². The second-order valence-corrected chi connectivity index (χ2v) is 5.40. The number of nitrogens with zero attached hydrogens (tertiary/aromatic N) is 2. The zero-order chi connectivity index (χ0) is 17.6. The summed E-state index contributed by atoms with van der Waals surface area (Å²) in [6.45, 7) is 1.47. The number of rotatable bonds is 5. The van der Waals surface area contributed by atoms with Gasteiger partial charge in [-0.2, -0.15) is 4.98 Å². The fourth-order valence-electron chi connectivity index (χ4n) is 2.21. The number of anilines is 6. The summed E-state index contributed by atoms with van der Waals surface area (Å²) in [6.07, 6.45) is 1.66. The van der Waals surface area contributed by atoms with Crippen molar-refractivity contribution in [1.82, 2.24) is 9.97 Å². The molecule has 0 fully saturated rings. The van der Waals surface area contributed by atoms with Crippen LogP contribution in [0.3, 0.4) is 0 Å². The van der Waals surface area contributed by atoms with Crippen molar-refractivity contribution in [3.63, 3.8) is 0 Å². The van der Waals surface area contributed by atoms with E-state index in [0.29, 0.717) is 23.1 Å². The first kappa shape index (κ1) is 16.3. The Morgan fingerprint density at radius 3 is 2.48 bits per heavy atom. The molecule has 0 aliphatic carbocycles. The van der Waals surface area contributed by atoms with Crippen LogP contribution < -0.4 is 21.7 Å². The fourth-order valence-corrected chi connectivity index (χ4v) is 2.21. The molecule has 0 radical (unpaired) electrons. The quantitative estimate of drug-likeness (QED) is 0.532. The van der Waals surface area contributed by atoms with E-state index in [1.165, 1.54) is 6.92 Å². The number of nitrogens with two attached hydrogens (primary N) is 1. The molecule has 7 nitrogen and oxygen atoms in total. The lowest BCUT2D eigenvalue weighted by Crippen LogP contribution is -2.06. The number of hydrogen-bond donors (Lipinski definition) is 4. The monoisotopic (exact) mass is 334 g/mol. The van der Waals surface area contributed by atoms with Crippen LogP contribution in [0.25, 0.3) is 0 Å². The van der Waals surface area contributed by atoms with Crippen LogP contribution in [0.1, 0.15) is 6.92 Å². The number of nitrogens with one attached hydrogen (secondary N) is 3. The van der Waals surface area contributed by atoms with E-state index in [2.05, 4.69) is 25.9 Å². The van der Waals surface area contributed by atoms with E-state index >= 15 is 0 Å². The van der Waals surface area contributed by atoms with Crippen LogP contribution in [0.2, 0.25) is 0 Å². The molecule has 3 rings (SSSR count). The molecule has 2 aromatic carbocycles. The summed E-state index contributed by atoms with van der Waals surface area (Å²) in [5.74, 6) is 0.976. The maximum Gasteiger partial charge on any atom is 0.229 e. The largest absolute Gasteiger partial charge is 0.399 e. The second kappa shape index (κ2) is 7.31. The molecule has 0 spiro atoms. The van der Waals surface area contributed by atoms with Crippen molar-refractivity contribution in [2.24, 2.45) is 0 Å². The summed E-state index contributed by atoms with van der Waals surface area (Å²) in [5, 5.41) is 9.05. The molecule has 25 heavy (non-hydrogen) atoms. The number of amides is 1. The summed E-state index contributed by atoms with van der Waals surface area (Å²) in [4.78, 5) is 19.8. The Morgan fingerprint density at radius 1 is 0.960 bits per heavy atom. The van der Waals surface area contributed by atoms with E-state index in [-0.39, 0.29) is 5.91 Å². The van der Waals surface area contributed by atoms with E-state index in [1.54, 1.807) is 12.3 Å². The van der Waals surface area contributed by atoms with E-state index in [4.69, 9.17) is 5.73 Å². The van der Waals surface area contributed by atoms with Crippen LogP contribution in [-0.4, -0.2) is 15.9 Å². The normalized spacial score (nSPS) is 10.1. The molecule has 0 saturated carbocycles. The maximum absolute atomic E-state index is 11.1. The van der Waals surface area contributed by atoms with Crippen LogP contribution in [0.5, 0.6) is 0 Å². The van der Waals surface area contributed by atoms with Gasteiger partial charge in [-0.05, 0) is 48.5 Å². The lowest BCUT2D eigenvalue weighted by atomic mass is 10.2. The van der Waals surface area contributed by atoms with Crippen molar-refractivity contribution in [3.8, 4) is 0 Å². The fraction of sp³-hybridized carbons (Fsp3) is 0.0556. The Balaban J connectivity index is 1.73. The molecule has 0 aliphatic rings. The van der Waals surface area contributed by atoms with E-state index in [1.807, 2.05) is 48.5 Å². The number of aromatic nitrogens is 2. The zero-order valence-electron chi connectivity index (χ0n) is 13.7. The minimum atomic E-state index is -0.122. The highest BCUT2D eigenvalue weighted by Gasteiger charge is 2.03. The number of carbonyl (C=O) groups is 1. The zero-order valence-corrected chi connectivity index (χ0v) is 13.7. The maximum atomic E-state index is 11.1. The van der Waals surface area contributed by atoms with Crippen LogP contribution in [-0.2, 0) is 4.79 Å². The molecule has 1 amide bonds. The molecule has 126 valence electrons. The highest BCUT2D eigenvalue weighted by molar-refractivity contribution is 5.89. The molecule has 0 saturated heterocycles. The van der Waals surface area contributed by atoms with Crippen molar-refractivity contribution in [1.29, 1.82) is 0 Å². The molecule has 1 heterocycles. The number of benzene rings is 2. The third-order valence-corrected chi connectivity index (χ3v) is 3.28. The first-order chi connectivity index (χ1) is 12.1. The Morgan fingerprint density at radius 2 is 1.72 bits per heavy atom. The Bertz CT molecular complexity index is 879. The van der Waals surface area contributed by atoms with Gasteiger partial charge in [-0.15, -0.1) is 0 Å². The van der Waals surface area contributed by atoms with Gasteiger partial charge in [0.15, 0.2) is 0 Å². The summed E-state index contributed by atoms with van der Waals surface area (Å²) < 4.78 is 0. The summed E-state index contributed by atoms with van der Waals surface area (Å²) >= 11 is 0. The van der Waals surface area contributed by atoms with Gasteiger partial charge in [-0.1, -0.05) is 6.07 Å². The second-order valence-electron chi connectivity index (χ2n) is 5.40. The summed E-state index contributed by atoms with van der Waals surface area (Å²) in [5.41, 5.74) is 8.74. The van der Waals surface area contributed by atoms with Crippen molar-refractivity contribution in [2.45, 2.75) is 6.92 Å². The van der Waals surface area contributed by atoms with Crippen LogP contribution in [0, 0.1) is 0 Å². The van der Waals surface area contributed by atoms with Gasteiger partial charge >= 0.3 is 0 Å². The smallest absolute Gasteiger partial charge is 0.229 e. The minimum Gasteiger partial charge on any atom is -0.399 e. The van der Waals surface area contributed by atoms with Gasteiger partial charge in [0.1, 0.15) is 5.82 Å². The van der Waals surface area contributed by atoms with Gasteiger partial charge in [-0.3, -0.25) is 4.79 Å². The third kappa shape index (κ3) is 4.68. The van der Waals surface area contributed by atoms with Gasteiger partial charge in [0.2, 0.25) is 11.9 Å². The molecule has 1 aromatic heterocycles. The van der Waals surface area contributed by atoms with Gasteiger partial charge in [0.05, 0.1) is 0 Å². The third-order valence-electron chi connectivity index (χ3n) is 3.28. The minimum absolute atomic E-state index is 0.122. The van der Waals surface area contributed by atoms with Crippen molar-refractivity contribution in [2.75, 3.05) is 21.7 Å². The van der Waals surface area contributed by atoms with Crippen molar-refractivity contribution in [3.05, 3.63) is 60.8 Å². The summed E-state index contributed by atoms with van der Waals surface area (Å²) in [7, 11) is 0. The average molecular weight is 334 g/mol. The molecular formula is C18H18N6O. The van der Waals surface area contributed by atoms with Gasteiger partial charge in [0.25, 0.3) is 0 Å². The molecular weight excluding hydrogens is 316 g/mol. The molecule has 0 aliphatic heterocycles. The Labute approximate surface area is 145 Å². The molecule has 0 unspecified atom stereocenters. The Hall–Kier alpha value is -3.61. The predicted octanol–water partition coefficient (Wildman–Crippen LogP) is 3.50. The first-order valence-corrected chi connectivity index (χ1v) is 7.69. The highest BCUT2D eigenvalue weighted by Crippen LogP contribution is 2.20. The topological polar surface area (TPSA) is 105 Å². The van der Waals surface area contributed by atoms with Gasteiger partial charge in [-0.25, -0.2) is 4.98 Å². The number of carbonyl (C=O) groups excluding carboxylic acids is 1. The molecule has 3 aromatic rings. The molecule has 7 heteroatoms. The van der Waals surface area contributed by atoms with E-state index < -0.39 is 0 Å². The van der Waals surface area contributed by atoms with E-state index in [0.717, 1.165) is 11.4 Å². The predicted molar refractivity (Wildman–Crippen MR) is 100 cm³/mol. The van der Waals surface area contributed by atoms with Crippen LogP contribution in [0.15, 0.2) is 60.8 Å². The lowest BCUT2D eigenvalue weighted by molar-refractivity contribution is -0.114. The van der Waals surface area contributed by atoms with Gasteiger partial charge in [0, 0.05) is 35.9 Å². The molecule has 0 bridgehead atoms. The van der Waals surface area contributed by atoms with Gasteiger partial charge < -0.3 is 21.7 Å². The van der Waals surface area contributed by atoms with E-state index in [9.17, 15) is 4.79 Å². The average Bonchev–Trinajstić information content (AvgIpc) is 2.57. The standard InChI is InChI=1S/C18H18N6O/c1-12(25)21-15-3-2-4-16(11-15)23-18-20-10-9-17(24-18)22-14-7-5-13(19)6-8-14/h2-11H,19H2,1H3,(H,21,25)(H2,20,22,23,24). The van der Waals surface area contributed by atoms with Crippen LogP contribution in [0.4, 0.5) is 34.5 Å².